The molecule has 20 heavy (non-hydrogen) atoms. The van der Waals surface area contributed by atoms with Gasteiger partial charge in [-0.25, -0.2) is 4.98 Å². The molecule has 0 spiro atoms. The van der Waals surface area contributed by atoms with Crippen molar-refractivity contribution in [1.29, 1.82) is 0 Å². The van der Waals surface area contributed by atoms with Crippen LogP contribution in [0.1, 0.15) is 0 Å². The predicted octanol–water partition coefficient (Wildman–Crippen LogP) is 4.44. The molecule has 0 saturated carbocycles. The fraction of sp³-hybridized carbons (Fsp3) is 0. The molecule has 1 heterocycles. The Bertz CT molecular complexity index is 797. The van der Waals surface area contributed by atoms with E-state index in [2.05, 4.69) is 9.97 Å². The Labute approximate surface area is 123 Å². The number of nitrogens with one attached hydrogen (secondary N) is 1. The van der Waals surface area contributed by atoms with Gasteiger partial charge in [-0.3, -0.25) is 10.1 Å². The molecular formula is C13H7Cl2N3O2. The third-order valence-electron chi connectivity index (χ3n) is 2.86. The van der Waals surface area contributed by atoms with Gasteiger partial charge >= 0.3 is 0 Å². The van der Waals surface area contributed by atoms with Crippen molar-refractivity contribution >= 4 is 39.9 Å². The van der Waals surface area contributed by atoms with E-state index >= 15 is 0 Å². The van der Waals surface area contributed by atoms with E-state index in [0.29, 0.717) is 16.4 Å². The Morgan fingerprint density at radius 1 is 1.20 bits per heavy atom. The topological polar surface area (TPSA) is 71.8 Å². The lowest BCUT2D eigenvalue weighted by molar-refractivity contribution is -0.384. The Balaban J connectivity index is 2.30. The van der Waals surface area contributed by atoms with E-state index < -0.39 is 4.92 Å². The third-order valence-corrected chi connectivity index (χ3v) is 3.36. The zero-order chi connectivity index (χ0) is 14.3. The number of aromatic nitrogens is 2. The van der Waals surface area contributed by atoms with Crippen LogP contribution in [-0.4, -0.2) is 14.9 Å². The minimum Gasteiger partial charge on any atom is -0.338 e. The van der Waals surface area contributed by atoms with E-state index in [4.69, 9.17) is 23.2 Å². The molecule has 0 aliphatic rings. The van der Waals surface area contributed by atoms with Crippen molar-refractivity contribution in [2.75, 3.05) is 0 Å². The smallest absolute Gasteiger partial charge is 0.298 e. The standard InChI is InChI=1S/C13H7Cl2N3O2/c14-7-5-8(12(18(19)20)9(15)6-7)13-16-10-3-1-2-4-11(10)17-13/h1-6H,(H,16,17). The minimum atomic E-state index is -0.540. The van der Waals surface area contributed by atoms with Crippen LogP contribution in [0.4, 0.5) is 5.69 Å². The molecule has 0 bridgehead atoms. The second-order valence-corrected chi connectivity index (χ2v) is 4.99. The molecule has 2 aromatic carbocycles. The highest BCUT2D eigenvalue weighted by atomic mass is 35.5. The molecule has 1 N–H and O–H groups in total. The summed E-state index contributed by atoms with van der Waals surface area (Å²) in [6.07, 6.45) is 0. The van der Waals surface area contributed by atoms with Crippen LogP contribution < -0.4 is 0 Å². The Kier molecular flexibility index (Phi) is 3.08. The van der Waals surface area contributed by atoms with Crippen molar-refractivity contribution in [1.82, 2.24) is 9.97 Å². The van der Waals surface area contributed by atoms with Crippen LogP contribution in [0.2, 0.25) is 10.0 Å². The summed E-state index contributed by atoms with van der Waals surface area (Å²) in [5, 5.41) is 11.5. The molecule has 5 nitrogen and oxygen atoms in total. The van der Waals surface area contributed by atoms with E-state index in [-0.39, 0.29) is 16.3 Å². The molecule has 0 fully saturated rings. The summed E-state index contributed by atoms with van der Waals surface area (Å²) in [5.41, 5.74) is 1.56. The number of benzene rings is 2. The van der Waals surface area contributed by atoms with Crippen molar-refractivity contribution in [3.05, 3.63) is 56.6 Å². The normalized spacial score (nSPS) is 10.9. The first-order chi connectivity index (χ1) is 9.56. The summed E-state index contributed by atoms with van der Waals surface area (Å²) in [7, 11) is 0. The van der Waals surface area contributed by atoms with E-state index in [1.54, 1.807) is 0 Å². The van der Waals surface area contributed by atoms with Crippen LogP contribution in [-0.2, 0) is 0 Å². The van der Waals surface area contributed by atoms with Gasteiger partial charge in [0.2, 0.25) is 0 Å². The molecule has 0 amide bonds. The number of aromatic amines is 1. The lowest BCUT2D eigenvalue weighted by atomic mass is 10.1. The van der Waals surface area contributed by atoms with Crippen molar-refractivity contribution in [2.24, 2.45) is 0 Å². The zero-order valence-corrected chi connectivity index (χ0v) is 11.4. The molecule has 3 aromatic rings. The van der Waals surface area contributed by atoms with Crippen LogP contribution in [0.15, 0.2) is 36.4 Å². The number of nitro benzene ring substituents is 1. The maximum absolute atomic E-state index is 11.2. The molecule has 3 rings (SSSR count). The lowest BCUT2D eigenvalue weighted by Gasteiger charge is -2.02. The molecular weight excluding hydrogens is 301 g/mol. The number of fused-ring (bicyclic) bond motifs is 1. The van der Waals surface area contributed by atoms with Gasteiger partial charge in [0.25, 0.3) is 5.69 Å². The third kappa shape index (κ3) is 2.11. The average Bonchev–Trinajstić information content (AvgIpc) is 2.80. The van der Waals surface area contributed by atoms with Gasteiger partial charge < -0.3 is 4.98 Å². The summed E-state index contributed by atoms with van der Waals surface area (Å²) in [5.74, 6) is 0.363. The lowest BCUT2D eigenvalue weighted by Crippen LogP contribution is -1.94. The summed E-state index contributed by atoms with van der Waals surface area (Å²) < 4.78 is 0. The first kappa shape index (κ1) is 12.9. The fourth-order valence-electron chi connectivity index (χ4n) is 2.01. The highest BCUT2D eigenvalue weighted by Crippen LogP contribution is 2.37. The van der Waals surface area contributed by atoms with E-state index in [1.165, 1.54) is 12.1 Å². The monoisotopic (exact) mass is 307 g/mol. The van der Waals surface area contributed by atoms with E-state index in [1.807, 2.05) is 24.3 Å². The second kappa shape index (κ2) is 4.77. The van der Waals surface area contributed by atoms with Crippen molar-refractivity contribution in [3.8, 4) is 11.4 Å². The molecule has 0 aliphatic carbocycles. The minimum absolute atomic E-state index is 0.0158. The van der Waals surface area contributed by atoms with E-state index in [9.17, 15) is 10.1 Å². The van der Waals surface area contributed by atoms with Crippen LogP contribution in [0.5, 0.6) is 0 Å². The number of para-hydroxylation sites is 2. The summed E-state index contributed by atoms with van der Waals surface area (Å²) in [4.78, 5) is 18.0. The van der Waals surface area contributed by atoms with Gasteiger partial charge in [-0.15, -0.1) is 0 Å². The van der Waals surface area contributed by atoms with Gasteiger partial charge in [0.15, 0.2) is 0 Å². The van der Waals surface area contributed by atoms with Crippen LogP contribution in [0, 0.1) is 10.1 Å². The maximum Gasteiger partial charge on any atom is 0.298 e. The van der Waals surface area contributed by atoms with Crippen molar-refractivity contribution in [2.45, 2.75) is 0 Å². The van der Waals surface area contributed by atoms with Gasteiger partial charge in [0.1, 0.15) is 10.8 Å². The molecule has 7 heteroatoms. The van der Waals surface area contributed by atoms with Crippen LogP contribution >= 0.6 is 23.2 Å². The van der Waals surface area contributed by atoms with Crippen LogP contribution in [0.3, 0.4) is 0 Å². The largest absolute Gasteiger partial charge is 0.338 e. The van der Waals surface area contributed by atoms with Crippen molar-refractivity contribution < 1.29 is 4.92 Å². The fourth-order valence-corrected chi connectivity index (χ4v) is 2.57. The number of H-pyrrole nitrogens is 1. The van der Waals surface area contributed by atoms with E-state index in [0.717, 1.165) is 5.52 Å². The maximum atomic E-state index is 11.2. The number of hydrogen-bond donors (Lipinski definition) is 1. The van der Waals surface area contributed by atoms with Gasteiger partial charge in [0, 0.05) is 5.02 Å². The number of halogens is 2. The van der Waals surface area contributed by atoms with Gasteiger partial charge in [-0.2, -0.15) is 0 Å². The van der Waals surface area contributed by atoms with Gasteiger partial charge in [0.05, 0.1) is 21.5 Å². The van der Waals surface area contributed by atoms with Crippen LogP contribution in [0.25, 0.3) is 22.4 Å². The summed E-state index contributed by atoms with van der Waals surface area (Å²) in [6.45, 7) is 0. The molecule has 0 atom stereocenters. The predicted molar refractivity (Wildman–Crippen MR) is 78.2 cm³/mol. The summed E-state index contributed by atoms with van der Waals surface area (Å²) >= 11 is 11.8. The first-order valence-corrected chi connectivity index (χ1v) is 6.40. The Morgan fingerprint density at radius 2 is 1.95 bits per heavy atom. The highest BCUT2D eigenvalue weighted by Gasteiger charge is 2.23. The number of hydrogen-bond acceptors (Lipinski definition) is 3. The quantitative estimate of drug-likeness (QED) is 0.561. The zero-order valence-electron chi connectivity index (χ0n) is 9.93. The number of imidazole rings is 1. The molecule has 0 unspecified atom stereocenters. The Hall–Kier alpha value is -2.11. The molecule has 0 aliphatic heterocycles. The first-order valence-electron chi connectivity index (χ1n) is 5.65. The average molecular weight is 308 g/mol. The Morgan fingerprint density at radius 3 is 2.65 bits per heavy atom. The molecule has 0 saturated heterocycles. The SMILES string of the molecule is O=[N+]([O-])c1c(Cl)cc(Cl)cc1-c1nc2ccccc2[nH]1. The van der Waals surface area contributed by atoms with Gasteiger partial charge in [-0.05, 0) is 24.3 Å². The number of nitrogens with zero attached hydrogens (tertiary/aromatic N) is 2. The second-order valence-electron chi connectivity index (χ2n) is 4.14. The number of nitro groups is 1. The molecule has 1 aromatic heterocycles. The van der Waals surface area contributed by atoms with Crippen molar-refractivity contribution in [3.63, 3.8) is 0 Å². The van der Waals surface area contributed by atoms with Gasteiger partial charge in [-0.1, -0.05) is 35.3 Å². The summed E-state index contributed by atoms with van der Waals surface area (Å²) in [6, 6.07) is 10.2. The molecule has 0 radical (unpaired) electrons. The highest BCUT2D eigenvalue weighted by molar-refractivity contribution is 6.36. The molecule has 100 valence electrons. The number of rotatable bonds is 2.